The van der Waals surface area contributed by atoms with E-state index >= 15 is 0 Å². The van der Waals surface area contributed by atoms with Crippen LogP contribution >= 0.6 is 0 Å². The second kappa shape index (κ2) is 6.80. The van der Waals surface area contributed by atoms with Crippen molar-refractivity contribution in [2.45, 2.75) is 45.6 Å². The molecule has 1 aromatic carbocycles. The van der Waals surface area contributed by atoms with E-state index in [0.29, 0.717) is 17.5 Å². The average molecular weight is 425 g/mol. The van der Waals surface area contributed by atoms with Crippen molar-refractivity contribution in [1.82, 2.24) is 19.5 Å². The molecule has 0 atom stereocenters. The molecule has 2 aromatic heterocycles. The maximum absolute atomic E-state index is 9.30. The first kappa shape index (κ1) is 20.0. The lowest BCUT2D eigenvalue weighted by atomic mass is 9.40. The maximum Gasteiger partial charge on any atom is 0.250 e. The molecular formula is C24H23N7O. The lowest BCUT2D eigenvalue weighted by Gasteiger charge is -2.66. The Hall–Kier alpha value is -3.91. The van der Waals surface area contributed by atoms with Crippen LogP contribution in [-0.4, -0.2) is 25.1 Å². The lowest BCUT2D eigenvalue weighted by molar-refractivity contribution is -0.0665. The van der Waals surface area contributed by atoms with E-state index in [1.54, 1.807) is 6.08 Å². The molecule has 32 heavy (non-hydrogen) atoms. The summed E-state index contributed by atoms with van der Waals surface area (Å²) in [4.78, 5) is 13.9. The molecule has 0 aliphatic heterocycles. The van der Waals surface area contributed by atoms with Crippen molar-refractivity contribution in [1.29, 1.82) is 10.5 Å². The van der Waals surface area contributed by atoms with Crippen LogP contribution in [0.5, 0.6) is 11.6 Å². The van der Waals surface area contributed by atoms with E-state index in [-0.39, 0.29) is 11.0 Å². The molecule has 0 amide bonds. The van der Waals surface area contributed by atoms with E-state index in [1.807, 2.05) is 50.6 Å². The fourth-order valence-electron chi connectivity index (χ4n) is 5.06. The highest BCUT2D eigenvalue weighted by Crippen LogP contribution is 2.67. The van der Waals surface area contributed by atoms with Crippen LogP contribution in [0.15, 0.2) is 18.2 Å². The van der Waals surface area contributed by atoms with E-state index in [4.69, 9.17) is 15.0 Å². The summed E-state index contributed by atoms with van der Waals surface area (Å²) < 4.78 is 8.30. The molecule has 8 nitrogen and oxygen atoms in total. The molecule has 0 radical (unpaired) electrons. The van der Waals surface area contributed by atoms with Crippen molar-refractivity contribution in [3.8, 4) is 23.8 Å². The van der Waals surface area contributed by atoms with Gasteiger partial charge >= 0.3 is 0 Å². The van der Waals surface area contributed by atoms with Gasteiger partial charge in [0.15, 0.2) is 11.2 Å². The maximum atomic E-state index is 9.30. The smallest absolute Gasteiger partial charge is 0.250 e. The third-order valence-corrected chi connectivity index (χ3v) is 6.60. The Kier molecular flexibility index (Phi) is 4.25. The monoisotopic (exact) mass is 425 g/mol. The van der Waals surface area contributed by atoms with Crippen molar-refractivity contribution in [2.24, 2.45) is 12.5 Å². The number of aromatic nitrogens is 4. The standard InChI is InChI=1S/C24H23N7O/c1-14-8-17(6-5-7-25)9-15(2)19(14)32-21-18-20(27-16(3)31(18)4)28-22(29-21)30-24-10-23(11-24,12-24)13-26/h5-6,8-9H,10-12H2,1-4H3,(H,28,29,30)/b6-5+. The van der Waals surface area contributed by atoms with Crippen molar-refractivity contribution in [3.63, 3.8) is 0 Å². The number of hydrogen-bond acceptors (Lipinski definition) is 7. The first-order valence-electron chi connectivity index (χ1n) is 10.5. The van der Waals surface area contributed by atoms with Crippen LogP contribution in [0, 0.1) is 48.8 Å². The molecule has 3 aliphatic rings. The molecule has 6 rings (SSSR count). The fourth-order valence-corrected chi connectivity index (χ4v) is 5.06. The summed E-state index contributed by atoms with van der Waals surface area (Å²) in [7, 11) is 1.92. The number of imidazole rings is 1. The molecule has 3 saturated carbocycles. The Bertz CT molecular complexity index is 1340. The van der Waals surface area contributed by atoms with Gasteiger partial charge in [0.1, 0.15) is 11.6 Å². The molecule has 3 aromatic rings. The van der Waals surface area contributed by atoms with E-state index in [0.717, 1.165) is 53.0 Å². The Morgan fingerprint density at radius 3 is 2.41 bits per heavy atom. The Morgan fingerprint density at radius 2 is 1.78 bits per heavy atom. The summed E-state index contributed by atoms with van der Waals surface area (Å²) in [5.41, 5.74) is 3.88. The number of hydrogen-bond donors (Lipinski definition) is 1. The Labute approximate surface area is 186 Å². The number of allylic oxidation sites excluding steroid dienone is 1. The van der Waals surface area contributed by atoms with Gasteiger partial charge in [0, 0.05) is 18.7 Å². The summed E-state index contributed by atoms with van der Waals surface area (Å²) in [5, 5.41) is 21.5. The molecule has 3 fully saturated rings. The number of rotatable bonds is 5. The first-order valence-corrected chi connectivity index (χ1v) is 10.5. The van der Waals surface area contributed by atoms with Crippen LogP contribution in [0.1, 0.15) is 41.8 Å². The predicted octanol–water partition coefficient (Wildman–Crippen LogP) is 4.48. The van der Waals surface area contributed by atoms with Gasteiger partial charge in [0.2, 0.25) is 5.95 Å². The van der Waals surface area contributed by atoms with Gasteiger partial charge in [-0.2, -0.15) is 20.5 Å². The third-order valence-electron chi connectivity index (χ3n) is 6.60. The zero-order valence-corrected chi connectivity index (χ0v) is 18.5. The minimum absolute atomic E-state index is 0.0922. The van der Waals surface area contributed by atoms with Crippen LogP contribution in [0.3, 0.4) is 0 Å². The van der Waals surface area contributed by atoms with E-state index in [2.05, 4.69) is 21.4 Å². The van der Waals surface area contributed by atoms with Gasteiger partial charge in [-0.1, -0.05) is 0 Å². The van der Waals surface area contributed by atoms with Crippen LogP contribution in [0.2, 0.25) is 0 Å². The minimum atomic E-state index is -0.159. The van der Waals surface area contributed by atoms with Crippen LogP contribution in [-0.2, 0) is 7.05 Å². The molecule has 1 N–H and O–H groups in total. The summed E-state index contributed by atoms with van der Waals surface area (Å²) in [5.74, 6) is 2.45. The summed E-state index contributed by atoms with van der Waals surface area (Å²) >= 11 is 0. The minimum Gasteiger partial charge on any atom is -0.436 e. The highest BCUT2D eigenvalue weighted by Gasteiger charge is 2.69. The SMILES string of the molecule is Cc1cc(/C=C/C#N)cc(C)c1Oc1nc(NC23CC(C#N)(C2)C3)nc2nc(C)n(C)c12. The molecule has 3 aliphatic carbocycles. The van der Waals surface area contributed by atoms with Crippen molar-refractivity contribution >= 4 is 23.2 Å². The van der Waals surface area contributed by atoms with Gasteiger partial charge < -0.3 is 14.6 Å². The van der Waals surface area contributed by atoms with Gasteiger partial charge in [0.05, 0.1) is 17.6 Å². The molecule has 160 valence electrons. The van der Waals surface area contributed by atoms with Gasteiger partial charge in [-0.25, -0.2) is 4.98 Å². The molecule has 2 heterocycles. The zero-order valence-electron chi connectivity index (χ0n) is 18.5. The van der Waals surface area contributed by atoms with Crippen LogP contribution < -0.4 is 10.1 Å². The number of ether oxygens (including phenoxy) is 1. The van der Waals surface area contributed by atoms with E-state index < -0.39 is 0 Å². The van der Waals surface area contributed by atoms with Gasteiger partial charge in [-0.15, -0.1) is 0 Å². The Balaban J connectivity index is 1.53. The van der Waals surface area contributed by atoms with Crippen LogP contribution in [0.25, 0.3) is 17.2 Å². The van der Waals surface area contributed by atoms with E-state index in [1.165, 1.54) is 6.08 Å². The second-order valence-electron chi connectivity index (χ2n) is 9.12. The summed E-state index contributed by atoms with van der Waals surface area (Å²) in [6, 6.07) is 8.40. The van der Waals surface area contributed by atoms with Gasteiger partial charge in [-0.3, -0.25) is 0 Å². The predicted molar refractivity (Wildman–Crippen MR) is 120 cm³/mol. The average Bonchev–Trinajstić information content (AvgIpc) is 2.98. The summed E-state index contributed by atoms with van der Waals surface area (Å²) in [6.45, 7) is 5.87. The normalized spacial score (nSPS) is 23.3. The molecule has 0 saturated heterocycles. The molecule has 2 bridgehead atoms. The van der Waals surface area contributed by atoms with Crippen molar-refractivity contribution < 1.29 is 4.74 Å². The largest absolute Gasteiger partial charge is 0.436 e. The fraction of sp³-hybridized carbons (Fsp3) is 0.375. The third kappa shape index (κ3) is 2.99. The zero-order chi connectivity index (χ0) is 22.7. The number of nitrogens with one attached hydrogen (secondary N) is 1. The number of nitriles is 2. The number of anilines is 1. The molecule has 0 spiro atoms. The molecule has 8 heteroatoms. The van der Waals surface area contributed by atoms with Crippen molar-refractivity contribution in [2.75, 3.05) is 5.32 Å². The van der Waals surface area contributed by atoms with Crippen LogP contribution in [0.4, 0.5) is 5.95 Å². The number of fused-ring (bicyclic) bond motifs is 1. The van der Waals surface area contributed by atoms with Gasteiger partial charge in [-0.05, 0) is 74.9 Å². The number of nitrogens with zero attached hydrogens (tertiary/aromatic N) is 6. The highest BCUT2D eigenvalue weighted by atomic mass is 16.5. The summed E-state index contributed by atoms with van der Waals surface area (Å²) in [6.07, 6.45) is 5.71. The Morgan fingerprint density at radius 1 is 1.09 bits per heavy atom. The van der Waals surface area contributed by atoms with Crippen molar-refractivity contribution in [3.05, 3.63) is 40.7 Å². The molecular weight excluding hydrogens is 402 g/mol. The first-order chi connectivity index (χ1) is 15.3. The topological polar surface area (TPSA) is 112 Å². The van der Waals surface area contributed by atoms with Gasteiger partial charge in [0.25, 0.3) is 5.88 Å². The number of benzene rings is 1. The quantitative estimate of drug-likeness (QED) is 0.600. The second-order valence-corrected chi connectivity index (χ2v) is 9.12. The number of aryl methyl sites for hydroxylation is 4. The highest BCUT2D eigenvalue weighted by molar-refractivity contribution is 5.79. The van der Waals surface area contributed by atoms with E-state index in [9.17, 15) is 5.26 Å². The molecule has 0 unspecified atom stereocenters. The lowest BCUT2D eigenvalue weighted by Crippen LogP contribution is -2.70.